The van der Waals surface area contributed by atoms with Crippen LogP contribution < -0.4 is 4.74 Å². The summed E-state index contributed by atoms with van der Waals surface area (Å²) in [5.74, 6) is 0.935. The molecule has 0 aliphatic carbocycles. The summed E-state index contributed by atoms with van der Waals surface area (Å²) >= 11 is 0. The van der Waals surface area contributed by atoms with Crippen molar-refractivity contribution < 1.29 is 19.2 Å². The first-order valence-electron chi connectivity index (χ1n) is 6.29. The number of hydrogen-bond donors (Lipinski definition) is 1. The summed E-state index contributed by atoms with van der Waals surface area (Å²) < 4.78 is 10.3. The molecule has 1 heterocycles. The van der Waals surface area contributed by atoms with Crippen molar-refractivity contribution in [2.24, 2.45) is 0 Å². The number of carboxylic acid groups (broad SMARTS) is 1. The zero-order chi connectivity index (χ0) is 14.5. The molecule has 0 fully saturated rings. The lowest BCUT2D eigenvalue weighted by atomic mass is 10.1. The highest BCUT2D eigenvalue weighted by atomic mass is 16.5. The van der Waals surface area contributed by atoms with E-state index in [0.717, 1.165) is 16.9 Å². The molecule has 0 spiro atoms. The summed E-state index contributed by atoms with van der Waals surface area (Å²) in [4.78, 5) is 14.7. The molecule has 0 saturated heterocycles. The van der Waals surface area contributed by atoms with Gasteiger partial charge in [0.25, 0.3) is 0 Å². The summed E-state index contributed by atoms with van der Waals surface area (Å²) in [6, 6.07) is 5.63. The second-order valence-electron chi connectivity index (χ2n) is 4.44. The monoisotopic (exact) mass is 276 g/mol. The first-order valence-corrected chi connectivity index (χ1v) is 6.29. The molecule has 0 atom stereocenters. The van der Waals surface area contributed by atoms with Gasteiger partial charge < -0.3 is 14.4 Å². The molecular formula is C14H16N2O4. The molecule has 0 aliphatic heterocycles. The minimum atomic E-state index is -0.824. The summed E-state index contributed by atoms with van der Waals surface area (Å²) in [5, 5.41) is 12.5. The number of aromatic nitrogens is 2. The predicted molar refractivity (Wildman–Crippen MR) is 71.6 cm³/mol. The van der Waals surface area contributed by atoms with Crippen molar-refractivity contribution in [2.75, 3.05) is 7.11 Å². The van der Waals surface area contributed by atoms with Gasteiger partial charge >= 0.3 is 5.97 Å². The average Bonchev–Trinajstić information content (AvgIpc) is 2.87. The third kappa shape index (κ3) is 3.34. The SMILES string of the molecule is COc1ccc(-c2noc(CCCC(=O)O)n2)cc1C. The largest absolute Gasteiger partial charge is 0.496 e. The average molecular weight is 276 g/mol. The summed E-state index contributed by atoms with van der Waals surface area (Å²) in [6.45, 7) is 1.94. The maximum atomic E-state index is 10.4. The lowest BCUT2D eigenvalue weighted by Crippen LogP contribution is -1.96. The van der Waals surface area contributed by atoms with Gasteiger partial charge in [-0.1, -0.05) is 5.16 Å². The van der Waals surface area contributed by atoms with Crippen LogP contribution in [0.5, 0.6) is 5.75 Å². The number of ether oxygens (including phenoxy) is 1. The minimum Gasteiger partial charge on any atom is -0.496 e. The highest BCUT2D eigenvalue weighted by Gasteiger charge is 2.10. The van der Waals surface area contributed by atoms with Crippen LogP contribution in [0, 0.1) is 6.92 Å². The first kappa shape index (κ1) is 14.0. The second kappa shape index (κ2) is 6.18. The molecule has 0 radical (unpaired) electrons. The van der Waals surface area contributed by atoms with Gasteiger partial charge in [0.05, 0.1) is 7.11 Å². The molecule has 106 valence electrons. The molecule has 20 heavy (non-hydrogen) atoms. The maximum absolute atomic E-state index is 10.4. The van der Waals surface area contributed by atoms with E-state index in [9.17, 15) is 4.79 Å². The topological polar surface area (TPSA) is 85.5 Å². The number of nitrogens with zero attached hydrogens (tertiary/aromatic N) is 2. The molecule has 2 rings (SSSR count). The van der Waals surface area contributed by atoms with E-state index in [1.807, 2.05) is 25.1 Å². The van der Waals surface area contributed by atoms with Crippen molar-refractivity contribution in [2.45, 2.75) is 26.2 Å². The van der Waals surface area contributed by atoms with Gasteiger partial charge in [-0.05, 0) is 37.1 Å². The van der Waals surface area contributed by atoms with Crippen molar-refractivity contribution in [1.29, 1.82) is 0 Å². The van der Waals surface area contributed by atoms with Crippen molar-refractivity contribution in [3.8, 4) is 17.1 Å². The van der Waals surface area contributed by atoms with Crippen LogP contribution in [0.15, 0.2) is 22.7 Å². The van der Waals surface area contributed by atoms with Crippen molar-refractivity contribution in [1.82, 2.24) is 10.1 Å². The van der Waals surface area contributed by atoms with E-state index in [1.165, 1.54) is 0 Å². The quantitative estimate of drug-likeness (QED) is 0.872. The van der Waals surface area contributed by atoms with Crippen LogP contribution in [0.2, 0.25) is 0 Å². The Kier molecular flexibility index (Phi) is 4.34. The molecule has 2 aromatic rings. The van der Waals surface area contributed by atoms with Crippen LogP contribution in [0.4, 0.5) is 0 Å². The Morgan fingerprint density at radius 1 is 1.45 bits per heavy atom. The van der Waals surface area contributed by atoms with E-state index < -0.39 is 5.97 Å². The highest BCUT2D eigenvalue weighted by Crippen LogP contribution is 2.24. The Hall–Kier alpha value is -2.37. The number of hydrogen-bond acceptors (Lipinski definition) is 5. The Morgan fingerprint density at radius 3 is 2.90 bits per heavy atom. The van der Waals surface area contributed by atoms with Crippen molar-refractivity contribution in [3.63, 3.8) is 0 Å². The Balaban J connectivity index is 2.08. The van der Waals surface area contributed by atoms with Crippen LogP contribution in [0.1, 0.15) is 24.3 Å². The van der Waals surface area contributed by atoms with Gasteiger partial charge in [0.15, 0.2) is 0 Å². The molecule has 6 nitrogen and oxygen atoms in total. The molecule has 1 aromatic heterocycles. The van der Waals surface area contributed by atoms with Crippen LogP contribution in [-0.2, 0) is 11.2 Å². The van der Waals surface area contributed by atoms with Gasteiger partial charge in [-0.3, -0.25) is 4.79 Å². The normalized spacial score (nSPS) is 10.5. The summed E-state index contributed by atoms with van der Waals surface area (Å²) in [7, 11) is 1.62. The van der Waals surface area contributed by atoms with Crippen LogP contribution >= 0.6 is 0 Å². The fourth-order valence-corrected chi connectivity index (χ4v) is 1.88. The third-order valence-corrected chi connectivity index (χ3v) is 2.90. The number of carbonyl (C=O) groups is 1. The number of aryl methyl sites for hydroxylation is 2. The van der Waals surface area contributed by atoms with Gasteiger partial charge in [0, 0.05) is 18.4 Å². The molecule has 1 N–H and O–H groups in total. The fraction of sp³-hybridized carbons (Fsp3) is 0.357. The van der Waals surface area contributed by atoms with Gasteiger partial charge in [-0.15, -0.1) is 0 Å². The zero-order valence-corrected chi connectivity index (χ0v) is 11.4. The number of benzene rings is 1. The zero-order valence-electron chi connectivity index (χ0n) is 11.4. The van der Waals surface area contributed by atoms with E-state index in [0.29, 0.717) is 24.6 Å². The molecular weight excluding hydrogens is 260 g/mol. The highest BCUT2D eigenvalue weighted by molar-refractivity contribution is 5.66. The lowest BCUT2D eigenvalue weighted by Gasteiger charge is -2.04. The molecule has 6 heteroatoms. The Labute approximate surface area is 116 Å². The first-order chi connectivity index (χ1) is 9.60. The lowest BCUT2D eigenvalue weighted by molar-refractivity contribution is -0.137. The molecule has 0 unspecified atom stereocenters. The molecule has 0 bridgehead atoms. The van der Waals surface area contributed by atoms with Gasteiger partial charge in [0.2, 0.25) is 11.7 Å². The van der Waals surface area contributed by atoms with Crippen molar-refractivity contribution >= 4 is 5.97 Å². The Bertz CT molecular complexity index is 607. The van der Waals surface area contributed by atoms with E-state index in [2.05, 4.69) is 10.1 Å². The van der Waals surface area contributed by atoms with E-state index in [-0.39, 0.29) is 6.42 Å². The Morgan fingerprint density at radius 2 is 2.25 bits per heavy atom. The van der Waals surface area contributed by atoms with E-state index in [1.54, 1.807) is 7.11 Å². The number of methoxy groups -OCH3 is 1. The summed E-state index contributed by atoms with van der Waals surface area (Å²) in [5.41, 5.74) is 1.83. The molecule has 0 aliphatic rings. The maximum Gasteiger partial charge on any atom is 0.303 e. The molecule has 1 aromatic carbocycles. The smallest absolute Gasteiger partial charge is 0.303 e. The van der Waals surface area contributed by atoms with Crippen LogP contribution in [0.25, 0.3) is 11.4 Å². The standard InChI is InChI=1S/C14H16N2O4/c1-9-8-10(6-7-11(9)19-2)14-15-12(20-16-14)4-3-5-13(17)18/h6-8H,3-5H2,1-2H3,(H,17,18). The van der Waals surface area contributed by atoms with E-state index in [4.69, 9.17) is 14.4 Å². The minimum absolute atomic E-state index is 0.0966. The third-order valence-electron chi connectivity index (χ3n) is 2.90. The van der Waals surface area contributed by atoms with E-state index >= 15 is 0 Å². The number of aliphatic carboxylic acids is 1. The van der Waals surface area contributed by atoms with Gasteiger partial charge in [0.1, 0.15) is 5.75 Å². The van der Waals surface area contributed by atoms with Gasteiger partial charge in [-0.2, -0.15) is 4.98 Å². The van der Waals surface area contributed by atoms with Gasteiger partial charge in [-0.25, -0.2) is 0 Å². The van der Waals surface area contributed by atoms with Crippen LogP contribution in [-0.4, -0.2) is 28.3 Å². The predicted octanol–water partition coefficient (Wildman–Crippen LogP) is 2.46. The molecule has 0 amide bonds. The summed E-state index contributed by atoms with van der Waals surface area (Å²) in [6.07, 6.45) is 1.05. The second-order valence-corrected chi connectivity index (χ2v) is 4.44. The number of rotatable bonds is 6. The van der Waals surface area contributed by atoms with Crippen molar-refractivity contribution in [3.05, 3.63) is 29.7 Å². The fourth-order valence-electron chi connectivity index (χ4n) is 1.88. The number of carboxylic acids is 1. The molecule has 0 saturated carbocycles. The van der Waals surface area contributed by atoms with Crippen LogP contribution in [0.3, 0.4) is 0 Å².